The standard InChI is InChI=1S/C13H23NO3S2Si/c1-12(2,3)20(4,5)14-19(16,17)11-8-10(9-18-11)13(15)6-7-13/h8-9,14-15H,6-7H2,1-5H3. The van der Waals surface area contributed by atoms with E-state index in [-0.39, 0.29) is 5.04 Å². The minimum absolute atomic E-state index is 0.0607. The summed E-state index contributed by atoms with van der Waals surface area (Å²) in [5.74, 6) is 0. The molecule has 0 aromatic carbocycles. The number of sulfonamides is 1. The molecule has 1 heterocycles. The Bertz CT molecular complexity index is 610. The van der Waals surface area contributed by atoms with Gasteiger partial charge in [-0.2, -0.15) is 0 Å². The molecule has 2 rings (SSSR count). The molecule has 1 saturated carbocycles. The molecule has 0 saturated heterocycles. The topological polar surface area (TPSA) is 66.4 Å². The molecular formula is C13H23NO3S2Si. The number of thiophene rings is 1. The van der Waals surface area contributed by atoms with Gasteiger partial charge in [0, 0.05) is 0 Å². The van der Waals surface area contributed by atoms with Crippen LogP contribution in [0.4, 0.5) is 0 Å². The van der Waals surface area contributed by atoms with E-state index in [0.717, 1.165) is 18.4 Å². The first-order valence-electron chi connectivity index (χ1n) is 6.73. The summed E-state index contributed by atoms with van der Waals surface area (Å²) >= 11 is 1.19. The Hall–Kier alpha value is -0.213. The predicted molar refractivity (Wildman–Crippen MR) is 85.0 cm³/mol. The molecule has 0 atom stereocenters. The molecule has 114 valence electrons. The predicted octanol–water partition coefficient (Wildman–Crippen LogP) is 3.01. The normalized spacial score (nSPS) is 19.1. The van der Waals surface area contributed by atoms with Gasteiger partial charge in [0.2, 0.25) is 10.0 Å². The van der Waals surface area contributed by atoms with Gasteiger partial charge in [0.05, 0.1) is 5.60 Å². The Morgan fingerprint density at radius 2 is 1.90 bits per heavy atom. The molecule has 20 heavy (non-hydrogen) atoms. The number of nitrogens with one attached hydrogen (secondary N) is 1. The molecule has 1 aliphatic rings. The molecular weight excluding hydrogens is 310 g/mol. The lowest BCUT2D eigenvalue weighted by Gasteiger charge is -2.36. The van der Waals surface area contributed by atoms with Gasteiger partial charge >= 0.3 is 0 Å². The molecule has 7 heteroatoms. The molecule has 0 aliphatic heterocycles. The largest absolute Gasteiger partial charge is 0.385 e. The van der Waals surface area contributed by atoms with Crippen LogP contribution in [0.25, 0.3) is 0 Å². The maximum atomic E-state index is 12.5. The van der Waals surface area contributed by atoms with Crippen LogP contribution in [0.1, 0.15) is 39.2 Å². The maximum Gasteiger partial charge on any atom is 0.244 e. The van der Waals surface area contributed by atoms with Gasteiger partial charge in [0.25, 0.3) is 0 Å². The Morgan fingerprint density at radius 3 is 2.35 bits per heavy atom. The zero-order valence-corrected chi connectivity index (χ0v) is 15.3. The fourth-order valence-corrected chi connectivity index (χ4v) is 8.00. The summed E-state index contributed by atoms with van der Waals surface area (Å²) in [7, 11) is -5.63. The highest BCUT2D eigenvalue weighted by Gasteiger charge is 2.44. The summed E-state index contributed by atoms with van der Waals surface area (Å²) in [6.07, 6.45) is 1.44. The Labute approximate surface area is 126 Å². The van der Waals surface area contributed by atoms with Crippen LogP contribution in [0, 0.1) is 0 Å². The van der Waals surface area contributed by atoms with Gasteiger partial charge < -0.3 is 5.11 Å². The van der Waals surface area contributed by atoms with Crippen molar-refractivity contribution in [2.75, 3.05) is 0 Å². The van der Waals surface area contributed by atoms with Crippen molar-refractivity contribution in [2.24, 2.45) is 0 Å². The quantitative estimate of drug-likeness (QED) is 0.832. The third-order valence-electron chi connectivity index (χ3n) is 4.37. The second-order valence-corrected chi connectivity index (χ2v) is 15.3. The van der Waals surface area contributed by atoms with Gasteiger partial charge in [-0.15, -0.1) is 11.3 Å². The van der Waals surface area contributed by atoms with E-state index in [0.29, 0.717) is 4.21 Å². The van der Waals surface area contributed by atoms with Gasteiger partial charge in [-0.05, 0) is 34.9 Å². The highest BCUT2D eigenvalue weighted by molar-refractivity contribution is 7.93. The van der Waals surface area contributed by atoms with E-state index < -0.39 is 23.9 Å². The van der Waals surface area contributed by atoms with Crippen molar-refractivity contribution < 1.29 is 13.5 Å². The molecule has 1 aliphatic carbocycles. The lowest BCUT2D eigenvalue weighted by atomic mass is 10.2. The van der Waals surface area contributed by atoms with E-state index in [9.17, 15) is 13.5 Å². The first-order valence-corrected chi connectivity index (χ1v) is 12.1. The SMILES string of the molecule is CC(C)(C)[Si](C)(C)NS(=O)(=O)c1cc(C2(O)CC2)cs1. The van der Waals surface area contributed by atoms with Crippen molar-refractivity contribution in [2.45, 2.75) is 61.6 Å². The third-order valence-corrected chi connectivity index (χ3v) is 13.5. The van der Waals surface area contributed by atoms with E-state index in [4.69, 9.17) is 0 Å². The third kappa shape index (κ3) is 3.01. The molecule has 1 fully saturated rings. The summed E-state index contributed by atoms with van der Waals surface area (Å²) in [5.41, 5.74) is -0.0422. The number of rotatable bonds is 4. The Morgan fingerprint density at radius 1 is 1.35 bits per heavy atom. The van der Waals surface area contributed by atoms with Crippen molar-refractivity contribution >= 4 is 29.6 Å². The van der Waals surface area contributed by atoms with Crippen molar-refractivity contribution in [3.63, 3.8) is 0 Å². The molecule has 0 bridgehead atoms. The highest BCUT2D eigenvalue weighted by Crippen LogP contribution is 2.47. The van der Waals surface area contributed by atoms with Crippen LogP contribution in [0.15, 0.2) is 15.7 Å². The minimum atomic E-state index is -3.49. The fraction of sp³-hybridized carbons (Fsp3) is 0.692. The van der Waals surface area contributed by atoms with E-state index in [1.165, 1.54) is 11.3 Å². The van der Waals surface area contributed by atoms with Crippen molar-refractivity contribution in [3.05, 3.63) is 17.0 Å². The maximum absolute atomic E-state index is 12.5. The number of aliphatic hydroxyl groups is 1. The van der Waals surface area contributed by atoms with Crippen molar-refractivity contribution in [3.8, 4) is 0 Å². The summed E-state index contributed by atoms with van der Waals surface area (Å²) < 4.78 is 28.2. The molecule has 0 amide bonds. The number of hydrogen-bond acceptors (Lipinski definition) is 4. The van der Waals surface area contributed by atoms with Crippen LogP contribution < -0.4 is 4.39 Å². The van der Waals surface area contributed by atoms with Crippen molar-refractivity contribution in [1.29, 1.82) is 0 Å². The summed E-state index contributed by atoms with van der Waals surface area (Å²) in [4.78, 5) is 0. The van der Waals surface area contributed by atoms with Crippen LogP contribution in [-0.4, -0.2) is 21.8 Å². The van der Waals surface area contributed by atoms with Gasteiger partial charge in [-0.3, -0.25) is 0 Å². The fourth-order valence-electron chi connectivity index (χ4n) is 1.65. The smallest absolute Gasteiger partial charge is 0.244 e. The first-order chi connectivity index (χ1) is 8.87. The molecule has 0 unspecified atom stereocenters. The van der Waals surface area contributed by atoms with E-state index in [1.54, 1.807) is 11.4 Å². The van der Waals surface area contributed by atoms with E-state index in [2.05, 4.69) is 25.2 Å². The Balaban J connectivity index is 2.25. The van der Waals surface area contributed by atoms with Gasteiger partial charge in [-0.25, -0.2) is 12.8 Å². The molecule has 1 aromatic heterocycles. The highest BCUT2D eigenvalue weighted by atomic mass is 32.2. The van der Waals surface area contributed by atoms with Crippen LogP contribution in [0.3, 0.4) is 0 Å². The Kier molecular flexibility index (Phi) is 3.75. The zero-order valence-electron chi connectivity index (χ0n) is 12.6. The summed E-state index contributed by atoms with van der Waals surface area (Å²) in [6, 6.07) is 1.62. The lowest BCUT2D eigenvalue weighted by Crippen LogP contribution is -2.54. The molecule has 1 aromatic rings. The summed E-state index contributed by atoms with van der Waals surface area (Å²) in [6.45, 7) is 10.2. The molecule has 0 spiro atoms. The van der Waals surface area contributed by atoms with Crippen LogP contribution in [0.5, 0.6) is 0 Å². The van der Waals surface area contributed by atoms with Crippen LogP contribution >= 0.6 is 11.3 Å². The summed E-state index contributed by atoms with van der Waals surface area (Å²) in [5, 5.41) is 11.7. The molecule has 4 nitrogen and oxygen atoms in total. The van der Waals surface area contributed by atoms with Gasteiger partial charge in [-0.1, -0.05) is 33.9 Å². The molecule has 0 radical (unpaired) electrons. The van der Waals surface area contributed by atoms with Gasteiger partial charge in [0.15, 0.2) is 0 Å². The lowest BCUT2D eigenvalue weighted by molar-refractivity contribution is 0.152. The van der Waals surface area contributed by atoms with E-state index in [1.807, 2.05) is 13.1 Å². The zero-order chi connectivity index (χ0) is 15.4. The van der Waals surface area contributed by atoms with Crippen LogP contribution in [-0.2, 0) is 15.6 Å². The monoisotopic (exact) mass is 333 g/mol. The average Bonchev–Trinajstić information content (AvgIpc) is 2.79. The number of hydrogen-bond donors (Lipinski definition) is 2. The van der Waals surface area contributed by atoms with Crippen LogP contribution in [0.2, 0.25) is 18.1 Å². The molecule has 2 N–H and O–H groups in total. The van der Waals surface area contributed by atoms with Gasteiger partial charge in [0.1, 0.15) is 12.4 Å². The first kappa shape index (κ1) is 16.2. The second-order valence-electron chi connectivity index (χ2n) is 7.17. The second kappa shape index (κ2) is 4.64. The van der Waals surface area contributed by atoms with Crippen molar-refractivity contribution in [1.82, 2.24) is 4.39 Å². The minimum Gasteiger partial charge on any atom is -0.385 e. The average molecular weight is 334 g/mol. The van der Waals surface area contributed by atoms with E-state index >= 15 is 0 Å².